The molecule has 0 radical (unpaired) electrons. The van der Waals surface area contributed by atoms with Gasteiger partial charge in [-0.2, -0.15) is 5.10 Å². The fourth-order valence-electron chi connectivity index (χ4n) is 2.41. The molecule has 1 heterocycles. The van der Waals surface area contributed by atoms with Crippen LogP contribution >= 0.6 is 0 Å². The monoisotopic (exact) mass is 299 g/mol. The molecule has 6 heteroatoms. The summed E-state index contributed by atoms with van der Waals surface area (Å²) in [5, 5.41) is 15.9. The summed E-state index contributed by atoms with van der Waals surface area (Å²) in [6.45, 7) is 0. The lowest BCUT2D eigenvalue weighted by atomic mass is 10.1. The van der Waals surface area contributed by atoms with Crippen LogP contribution in [0.3, 0.4) is 0 Å². The van der Waals surface area contributed by atoms with Crippen LogP contribution in [0.2, 0.25) is 0 Å². The van der Waals surface area contributed by atoms with Crippen LogP contribution in [0.4, 0.5) is 0 Å². The third-order valence-corrected chi connectivity index (χ3v) is 3.75. The van der Waals surface area contributed by atoms with Gasteiger partial charge in [0.15, 0.2) is 0 Å². The lowest BCUT2D eigenvalue weighted by molar-refractivity contribution is -0.142. The van der Waals surface area contributed by atoms with Crippen molar-refractivity contribution in [1.29, 1.82) is 0 Å². The Hall–Kier alpha value is -2.63. The molecular weight excluding hydrogens is 282 g/mol. The van der Waals surface area contributed by atoms with Crippen molar-refractivity contribution in [2.75, 3.05) is 0 Å². The summed E-state index contributed by atoms with van der Waals surface area (Å²) >= 11 is 0. The number of rotatable bonds is 6. The Morgan fingerprint density at radius 1 is 1.32 bits per heavy atom. The largest absolute Gasteiger partial charge is 0.480 e. The van der Waals surface area contributed by atoms with Gasteiger partial charge in [0.2, 0.25) is 5.91 Å². The van der Waals surface area contributed by atoms with Crippen LogP contribution in [-0.4, -0.2) is 32.8 Å². The molecule has 1 aromatic carbocycles. The molecule has 1 amide bonds. The number of amides is 1. The molecular formula is C16H17N3O3. The number of hydrogen-bond donors (Lipinski definition) is 2. The summed E-state index contributed by atoms with van der Waals surface area (Å²) in [5.74, 6) is -1.13. The van der Waals surface area contributed by atoms with Crippen molar-refractivity contribution in [2.24, 2.45) is 5.92 Å². The van der Waals surface area contributed by atoms with Gasteiger partial charge < -0.3 is 10.4 Å². The van der Waals surface area contributed by atoms with E-state index in [0.29, 0.717) is 0 Å². The summed E-state index contributed by atoms with van der Waals surface area (Å²) in [5.41, 5.74) is 1.75. The zero-order valence-electron chi connectivity index (χ0n) is 12.0. The molecule has 1 aliphatic rings. The second kappa shape index (κ2) is 6.01. The van der Waals surface area contributed by atoms with Gasteiger partial charge in [0.05, 0.1) is 12.1 Å². The first-order valence-electron chi connectivity index (χ1n) is 7.24. The van der Waals surface area contributed by atoms with Crippen LogP contribution in [0.25, 0.3) is 5.69 Å². The van der Waals surface area contributed by atoms with Crippen LogP contribution < -0.4 is 5.32 Å². The maximum atomic E-state index is 12.0. The summed E-state index contributed by atoms with van der Waals surface area (Å²) < 4.78 is 1.73. The standard InChI is InChI=1S/C16H17N3O3/c20-14(18-15(16(21)22)12-4-5-12)10-11-2-6-13(7-3-11)19-9-1-8-17-19/h1-3,6-9,12,15H,4-5,10H2,(H,18,20)(H,21,22). The molecule has 1 aliphatic carbocycles. The molecule has 1 aromatic heterocycles. The number of carbonyl (C=O) groups is 2. The Balaban J connectivity index is 1.60. The van der Waals surface area contributed by atoms with Crippen LogP contribution in [0, 0.1) is 5.92 Å². The van der Waals surface area contributed by atoms with Gasteiger partial charge >= 0.3 is 5.97 Å². The second-order valence-electron chi connectivity index (χ2n) is 5.51. The van der Waals surface area contributed by atoms with E-state index in [1.807, 2.05) is 36.5 Å². The Labute approximate surface area is 127 Å². The molecule has 0 aliphatic heterocycles. The number of nitrogens with one attached hydrogen (secondary N) is 1. The van der Waals surface area contributed by atoms with Gasteiger partial charge in [0.25, 0.3) is 0 Å². The second-order valence-corrected chi connectivity index (χ2v) is 5.51. The van der Waals surface area contributed by atoms with Gasteiger partial charge in [-0.3, -0.25) is 4.79 Å². The highest BCUT2D eigenvalue weighted by Gasteiger charge is 2.37. The molecule has 22 heavy (non-hydrogen) atoms. The van der Waals surface area contributed by atoms with Crippen molar-refractivity contribution < 1.29 is 14.7 Å². The van der Waals surface area contributed by atoms with E-state index in [0.717, 1.165) is 24.1 Å². The molecule has 0 spiro atoms. The highest BCUT2D eigenvalue weighted by molar-refractivity contribution is 5.85. The Morgan fingerprint density at radius 2 is 2.05 bits per heavy atom. The van der Waals surface area contributed by atoms with Gasteiger partial charge in [0.1, 0.15) is 6.04 Å². The Kier molecular flexibility index (Phi) is 3.91. The van der Waals surface area contributed by atoms with E-state index in [-0.39, 0.29) is 18.2 Å². The zero-order chi connectivity index (χ0) is 15.5. The number of carbonyl (C=O) groups excluding carboxylic acids is 1. The first-order valence-corrected chi connectivity index (χ1v) is 7.24. The molecule has 1 atom stereocenters. The first-order chi connectivity index (χ1) is 10.6. The molecule has 6 nitrogen and oxygen atoms in total. The first kappa shape index (κ1) is 14.3. The van der Waals surface area contributed by atoms with Crippen molar-refractivity contribution in [3.63, 3.8) is 0 Å². The van der Waals surface area contributed by atoms with Crippen molar-refractivity contribution in [3.8, 4) is 5.69 Å². The third kappa shape index (κ3) is 3.33. The number of carboxylic acids is 1. The summed E-state index contributed by atoms with van der Waals surface area (Å²) in [4.78, 5) is 23.1. The summed E-state index contributed by atoms with van der Waals surface area (Å²) in [6, 6.07) is 8.55. The number of aliphatic carboxylic acids is 1. The topological polar surface area (TPSA) is 84.2 Å². The minimum Gasteiger partial charge on any atom is -0.480 e. The van der Waals surface area contributed by atoms with Gasteiger partial charge in [-0.1, -0.05) is 12.1 Å². The molecule has 1 fully saturated rings. The lowest BCUT2D eigenvalue weighted by Crippen LogP contribution is -2.43. The number of nitrogens with zero attached hydrogens (tertiary/aromatic N) is 2. The normalized spacial score (nSPS) is 15.3. The van der Waals surface area contributed by atoms with Crippen LogP contribution in [0.15, 0.2) is 42.7 Å². The summed E-state index contributed by atoms with van der Waals surface area (Å²) in [6.07, 6.45) is 5.46. The Bertz CT molecular complexity index is 660. The molecule has 0 saturated heterocycles. The highest BCUT2D eigenvalue weighted by Crippen LogP contribution is 2.32. The molecule has 0 bridgehead atoms. The van der Waals surface area contributed by atoms with E-state index in [2.05, 4.69) is 10.4 Å². The Morgan fingerprint density at radius 3 is 2.59 bits per heavy atom. The van der Waals surface area contributed by atoms with Crippen molar-refractivity contribution in [3.05, 3.63) is 48.3 Å². The van der Waals surface area contributed by atoms with Crippen molar-refractivity contribution in [1.82, 2.24) is 15.1 Å². The van der Waals surface area contributed by atoms with E-state index >= 15 is 0 Å². The molecule has 2 N–H and O–H groups in total. The van der Waals surface area contributed by atoms with E-state index in [1.54, 1.807) is 10.9 Å². The van der Waals surface area contributed by atoms with E-state index in [9.17, 15) is 9.59 Å². The number of hydrogen-bond acceptors (Lipinski definition) is 3. The van der Waals surface area contributed by atoms with Gasteiger partial charge in [0, 0.05) is 12.4 Å². The van der Waals surface area contributed by atoms with E-state index in [1.165, 1.54) is 0 Å². The van der Waals surface area contributed by atoms with E-state index in [4.69, 9.17) is 5.11 Å². The van der Waals surface area contributed by atoms with Crippen LogP contribution in [0.1, 0.15) is 18.4 Å². The van der Waals surface area contributed by atoms with E-state index < -0.39 is 12.0 Å². The SMILES string of the molecule is O=C(Cc1ccc(-n2cccn2)cc1)NC(C(=O)O)C1CC1. The highest BCUT2D eigenvalue weighted by atomic mass is 16.4. The molecule has 3 rings (SSSR count). The van der Waals surface area contributed by atoms with Crippen LogP contribution in [0.5, 0.6) is 0 Å². The van der Waals surface area contributed by atoms with Crippen molar-refractivity contribution >= 4 is 11.9 Å². The maximum Gasteiger partial charge on any atom is 0.326 e. The van der Waals surface area contributed by atoms with Gasteiger partial charge in [-0.25, -0.2) is 9.48 Å². The minimum atomic E-state index is -0.954. The van der Waals surface area contributed by atoms with Crippen LogP contribution in [-0.2, 0) is 16.0 Å². The molecule has 1 saturated carbocycles. The average molecular weight is 299 g/mol. The number of carboxylic acid groups (broad SMARTS) is 1. The lowest BCUT2D eigenvalue weighted by Gasteiger charge is -2.13. The minimum absolute atomic E-state index is 0.0867. The van der Waals surface area contributed by atoms with Gasteiger partial charge in [-0.05, 0) is 42.5 Å². The predicted octanol–water partition coefficient (Wildman–Crippen LogP) is 1.39. The number of benzene rings is 1. The molecule has 114 valence electrons. The average Bonchev–Trinajstić information content (AvgIpc) is 3.19. The zero-order valence-corrected chi connectivity index (χ0v) is 12.0. The fraction of sp³-hybridized carbons (Fsp3) is 0.312. The van der Waals surface area contributed by atoms with Crippen molar-refractivity contribution in [2.45, 2.75) is 25.3 Å². The fourth-order valence-corrected chi connectivity index (χ4v) is 2.41. The molecule has 2 aromatic rings. The smallest absolute Gasteiger partial charge is 0.326 e. The predicted molar refractivity (Wildman–Crippen MR) is 79.6 cm³/mol. The van der Waals surface area contributed by atoms with Gasteiger partial charge in [-0.15, -0.1) is 0 Å². The maximum absolute atomic E-state index is 12.0. The number of aromatic nitrogens is 2. The quantitative estimate of drug-likeness (QED) is 0.844. The third-order valence-electron chi connectivity index (χ3n) is 3.75. The molecule has 1 unspecified atom stereocenters. The summed E-state index contributed by atoms with van der Waals surface area (Å²) in [7, 11) is 0.